The van der Waals surface area contributed by atoms with E-state index in [1.54, 1.807) is 12.1 Å². The monoisotopic (exact) mass is 235 g/mol. The van der Waals surface area contributed by atoms with Crippen LogP contribution in [-0.2, 0) is 11.2 Å². The summed E-state index contributed by atoms with van der Waals surface area (Å²) in [6.45, 7) is 0.554. The summed E-state index contributed by atoms with van der Waals surface area (Å²) >= 11 is 0. The molecule has 2 unspecified atom stereocenters. The van der Waals surface area contributed by atoms with Gasteiger partial charge in [0, 0.05) is 18.3 Å². The molecule has 3 rings (SSSR count). The van der Waals surface area contributed by atoms with E-state index in [0.29, 0.717) is 19.0 Å². The minimum Gasteiger partial charge on any atom is -0.481 e. The van der Waals surface area contributed by atoms with Crippen LogP contribution in [0.1, 0.15) is 18.4 Å². The van der Waals surface area contributed by atoms with Crippen molar-refractivity contribution in [2.75, 3.05) is 11.4 Å². The topological polar surface area (TPSA) is 40.5 Å². The first-order valence-electron chi connectivity index (χ1n) is 5.93. The number of anilines is 1. The van der Waals surface area contributed by atoms with Crippen molar-refractivity contribution in [2.45, 2.75) is 25.3 Å². The molecule has 0 saturated carbocycles. The Morgan fingerprint density at radius 1 is 1.47 bits per heavy atom. The van der Waals surface area contributed by atoms with Crippen molar-refractivity contribution in [3.05, 3.63) is 29.6 Å². The lowest BCUT2D eigenvalue weighted by atomic mass is 9.95. The van der Waals surface area contributed by atoms with Crippen LogP contribution in [0.15, 0.2) is 18.2 Å². The highest BCUT2D eigenvalue weighted by molar-refractivity contribution is 5.73. The Morgan fingerprint density at radius 2 is 2.29 bits per heavy atom. The van der Waals surface area contributed by atoms with E-state index >= 15 is 0 Å². The van der Waals surface area contributed by atoms with E-state index in [-0.39, 0.29) is 11.7 Å². The zero-order valence-electron chi connectivity index (χ0n) is 9.40. The van der Waals surface area contributed by atoms with Crippen molar-refractivity contribution < 1.29 is 14.3 Å². The van der Waals surface area contributed by atoms with Crippen molar-refractivity contribution in [1.82, 2.24) is 0 Å². The van der Waals surface area contributed by atoms with Crippen LogP contribution in [0.3, 0.4) is 0 Å². The van der Waals surface area contributed by atoms with Crippen molar-refractivity contribution in [3.8, 4) is 0 Å². The third kappa shape index (κ3) is 1.68. The molecule has 0 radical (unpaired) electrons. The van der Waals surface area contributed by atoms with Gasteiger partial charge < -0.3 is 10.0 Å². The molecule has 2 heterocycles. The number of carboxylic acids is 1. The van der Waals surface area contributed by atoms with Gasteiger partial charge in [-0.3, -0.25) is 4.79 Å². The molecule has 17 heavy (non-hydrogen) atoms. The van der Waals surface area contributed by atoms with Gasteiger partial charge >= 0.3 is 5.97 Å². The minimum atomic E-state index is -0.719. The van der Waals surface area contributed by atoms with Gasteiger partial charge in [-0.1, -0.05) is 0 Å². The smallest absolute Gasteiger partial charge is 0.308 e. The normalized spacial score (nSPS) is 26.5. The van der Waals surface area contributed by atoms with Gasteiger partial charge in [0.1, 0.15) is 5.82 Å². The van der Waals surface area contributed by atoms with Crippen molar-refractivity contribution >= 4 is 11.7 Å². The van der Waals surface area contributed by atoms with Gasteiger partial charge in [0.2, 0.25) is 0 Å². The molecule has 2 aliphatic rings. The zero-order valence-corrected chi connectivity index (χ0v) is 9.40. The molecule has 90 valence electrons. The number of aryl methyl sites for hydroxylation is 1. The Kier molecular flexibility index (Phi) is 2.31. The van der Waals surface area contributed by atoms with Gasteiger partial charge in [-0.05, 0) is 43.0 Å². The molecule has 2 atom stereocenters. The molecule has 1 saturated heterocycles. The minimum absolute atomic E-state index is 0.212. The first kappa shape index (κ1) is 10.6. The molecular weight excluding hydrogens is 221 g/mol. The highest BCUT2D eigenvalue weighted by atomic mass is 19.1. The van der Waals surface area contributed by atoms with E-state index in [1.165, 1.54) is 6.07 Å². The van der Waals surface area contributed by atoms with Gasteiger partial charge in [0.25, 0.3) is 0 Å². The molecule has 0 spiro atoms. The average molecular weight is 235 g/mol. The van der Waals surface area contributed by atoms with E-state index in [2.05, 4.69) is 4.90 Å². The van der Waals surface area contributed by atoms with Crippen molar-refractivity contribution in [2.24, 2.45) is 5.92 Å². The summed E-state index contributed by atoms with van der Waals surface area (Å²) in [5.74, 6) is -1.21. The molecule has 1 N–H and O–H groups in total. The SMILES string of the molecule is O=C(O)C1CC2CCc3cc(F)ccc3N2C1. The summed E-state index contributed by atoms with van der Waals surface area (Å²) in [5, 5.41) is 9.07. The fourth-order valence-electron chi connectivity index (χ4n) is 3.02. The molecule has 3 nitrogen and oxygen atoms in total. The van der Waals surface area contributed by atoms with Crippen LogP contribution in [0.5, 0.6) is 0 Å². The fraction of sp³-hybridized carbons (Fsp3) is 0.462. The maximum atomic E-state index is 13.1. The average Bonchev–Trinajstić information content (AvgIpc) is 2.72. The molecule has 4 heteroatoms. The molecule has 0 aliphatic carbocycles. The van der Waals surface area contributed by atoms with Gasteiger partial charge in [0.05, 0.1) is 5.92 Å². The van der Waals surface area contributed by atoms with Crippen LogP contribution >= 0.6 is 0 Å². The second kappa shape index (κ2) is 3.72. The summed E-state index contributed by atoms with van der Waals surface area (Å²) in [7, 11) is 0. The zero-order chi connectivity index (χ0) is 12.0. The number of hydrogen-bond acceptors (Lipinski definition) is 2. The highest BCUT2D eigenvalue weighted by Crippen LogP contribution is 2.38. The number of rotatable bonds is 1. The lowest BCUT2D eigenvalue weighted by Gasteiger charge is -2.33. The number of fused-ring (bicyclic) bond motifs is 3. The lowest BCUT2D eigenvalue weighted by Crippen LogP contribution is -2.34. The first-order chi connectivity index (χ1) is 8.15. The van der Waals surface area contributed by atoms with Crippen LogP contribution in [0, 0.1) is 11.7 Å². The van der Waals surface area contributed by atoms with Crippen LogP contribution in [0.2, 0.25) is 0 Å². The Hall–Kier alpha value is -1.58. The molecule has 1 aromatic carbocycles. The van der Waals surface area contributed by atoms with Crippen LogP contribution in [0.4, 0.5) is 10.1 Å². The second-order valence-electron chi connectivity index (χ2n) is 4.89. The number of nitrogens with zero attached hydrogens (tertiary/aromatic N) is 1. The maximum absolute atomic E-state index is 13.1. The Labute approximate surface area is 98.9 Å². The molecule has 1 fully saturated rings. The van der Waals surface area contributed by atoms with E-state index in [9.17, 15) is 9.18 Å². The van der Waals surface area contributed by atoms with Crippen LogP contribution < -0.4 is 4.90 Å². The predicted molar refractivity (Wildman–Crippen MR) is 61.6 cm³/mol. The molecule has 0 amide bonds. The summed E-state index contributed by atoms with van der Waals surface area (Å²) in [6, 6.07) is 5.12. The fourth-order valence-corrected chi connectivity index (χ4v) is 3.02. The quantitative estimate of drug-likeness (QED) is 0.810. The number of carbonyl (C=O) groups is 1. The number of hydrogen-bond donors (Lipinski definition) is 1. The van der Waals surface area contributed by atoms with Gasteiger partial charge in [0.15, 0.2) is 0 Å². The summed E-state index contributed by atoms with van der Waals surface area (Å²) in [5.41, 5.74) is 2.03. The van der Waals surface area contributed by atoms with Crippen LogP contribution in [0.25, 0.3) is 0 Å². The summed E-state index contributed by atoms with van der Waals surface area (Å²) < 4.78 is 13.1. The van der Waals surface area contributed by atoms with Crippen LogP contribution in [-0.4, -0.2) is 23.7 Å². The number of carboxylic acid groups (broad SMARTS) is 1. The van der Waals surface area contributed by atoms with E-state index in [4.69, 9.17) is 5.11 Å². The van der Waals surface area contributed by atoms with E-state index < -0.39 is 5.97 Å². The van der Waals surface area contributed by atoms with E-state index in [0.717, 1.165) is 24.1 Å². The third-order valence-electron chi connectivity index (χ3n) is 3.86. The Balaban J connectivity index is 1.94. The third-order valence-corrected chi connectivity index (χ3v) is 3.86. The van der Waals surface area contributed by atoms with Gasteiger partial charge in [-0.2, -0.15) is 0 Å². The molecule has 0 bridgehead atoms. The van der Waals surface area contributed by atoms with Gasteiger partial charge in [-0.25, -0.2) is 4.39 Å². The summed E-state index contributed by atoms with van der Waals surface area (Å²) in [6.07, 6.45) is 2.49. The highest BCUT2D eigenvalue weighted by Gasteiger charge is 2.38. The largest absolute Gasteiger partial charge is 0.481 e. The number of benzene rings is 1. The van der Waals surface area contributed by atoms with E-state index in [1.807, 2.05) is 0 Å². The number of halogens is 1. The predicted octanol–water partition coefficient (Wildman–Crippen LogP) is 2.05. The number of aliphatic carboxylic acids is 1. The lowest BCUT2D eigenvalue weighted by molar-refractivity contribution is -0.141. The van der Waals surface area contributed by atoms with Crippen molar-refractivity contribution in [3.63, 3.8) is 0 Å². The van der Waals surface area contributed by atoms with Crippen molar-refractivity contribution in [1.29, 1.82) is 0 Å². The Morgan fingerprint density at radius 3 is 3.06 bits per heavy atom. The summed E-state index contributed by atoms with van der Waals surface area (Å²) in [4.78, 5) is 13.2. The molecular formula is C13H14FNO2. The van der Waals surface area contributed by atoms with Gasteiger partial charge in [-0.15, -0.1) is 0 Å². The standard InChI is InChI=1S/C13H14FNO2/c14-10-2-4-12-8(5-10)1-3-11-6-9(13(16)17)7-15(11)12/h2,4-5,9,11H,1,3,6-7H2,(H,16,17). The second-order valence-corrected chi connectivity index (χ2v) is 4.89. The molecule has 1 aromatic rings. The first-order valence-corrected chi connectivity index (χ1v) is 5.93. The Bertz CT molecular complexity index is 474. The maximum Gasteiger partial charge on any atom is 0.308 e. The molecule has 0 aromatic heterocycles. The molecule has 2 aliphatic heterocycles.